The maximum atomic E-state index is 6.07. The van der Waals surface area contributed by atoms with Crippen LogP contribution in [0.15, 0.2) is 30.5 Å². The Morgan fingerprint density at radius 2 is 1.67 bits per heavy atom. The van der Waals surface area contributed by atoms with Gasteiger partial charge < -0.3 is 9.31 Å². The van der Waals surface area contributed by atoms with E-state index in [0.29, 0.717) is 5.15 Å². The molecule has 1 fully saturated rings. The van der Waals surface area contributed by atoms with Gasteiger partial charge in [0.1, 0.15) is 5.15 Å². The molecular formula is C18H20BCl2N3O2S. The lowest BCUT2D eigenvalue weighted by Gasteiger charge is -2.32. The molecular weight excluding hydrogens is 404 g/mol. The SMILES string of the molecule is Cc1nc2ccc(B3OC(C)(C)C(C)(C)O3)cc2s1.Clc1ccnc(Cl)n1. The third-order valence-electron chi connectivity index (χ3n) is 4.64. The van der Waals surface area contributed by atoms with E-state index in [2.05, 4.69) is 48.7 Å². The molecule has 4 rings (SSSR count). The van der Waals surface area contributed by atoms with Gasteiger partial charge in [-0.05, 0) is 69.9 Å². The molecule has 0 spiro atoms. The summed E-state index contributed by atoms with van der Waals surface area (Å²) in [6.45, 7) is 10.3. The zero-order chi connectivity index (χ0) is 19.8. The standard InChI is InChI=1S/C14H18BNO2S.C4H2Cl2N2/c1-9-16-11-7-6-10(8-12(11)19-9)15-17-13(2,3)14(4,5)18-15;5-3-1-2-7-4(6)8-3/h6-8H,1-5H3;1-2H. The summed E-state index contributed by atoms with van der Waals surface area (Å²) < 4.78 is 13.3. The third-order valence-corrected chi connectivity index (χ3v) is 5.96. The normalized spacial score (nSPS) is 17.7. The molecule has 0 aliphatic carbocycles. The van der Waals surface area contributed by atoms with Crippen LogP contribution in [-0.2, 0) is 9.31 Å². The summed E-state index contributed by atoms with van der Waals surface area (Å²) >= 11 is 12.5. The fourth-order valence-electron chi connectivity index (χ4n) is 2.50. The van der Waals surface area contributed by atoms with Crippen LogP contribution in [0.3, 0.4) is 0 Å². The first-order valence-corrected chi connectivity index (χ1v) is 10.0. The molecule has 1 aliphatic heterocycles. The lowest BCUT2D eigenvalue weighted by molar-refractivity contribution is 0.00578. The van der Waals surface area contributed by atoms with Gasteiger partial charge in [0.25, 0.3) is 0 Å². The van der Waals surface area contributed by atoms with Gasteiger partial charge in [-0.2, -0.15) is 0 Å². The second-order valence-corrected chi connectivity index (χ2v) is 9.16. The van der Waals surface area contributed by atoms with Crippen LogP contribution in [0.4, 0.5) is 0 Å². The first kappa shape index (κ1) is 20.5. The molecule has 1 aliphatic rings. The summed E-state index contributed by atoms with van der Waals surface area (Å²) in [4.78, 5) is 11.7. The van der Waals surface area contributed by atoms with Gasteiger partial charge >= 0.3 is 7.12 Å². The molecule has 0 amide bonds. The average Bonchev–Trinajstić information content (AvgIpc) is 3.02. The molecule has 0 N–H and O–H groups in total. The minimum atomic E-state index is -0.295. The van der Waals surface area contributed by atoms with Crippen molar-refractivity contribution in [3.8, 4) is 0 Å². The minimum Gasteiger partial charge on any atom is -0.399 e. The number of fused-ring (bicyclic) bond motifs is 1. The Hall–Kier alpha value is -1.25. The summed E-state index contributed by atoms with van der Waals surface area (Å²) in [5, 5.41) is 1.63. The number of aromatic nitrogens is 3. The number of aryl methyl sites for hydroxylation is 1. The van der Waals surface area contributed by atoms with Crippen LogP contribution in [0.5, 0.6) is 0 Å². The van der Waals surface area contributed by atoms with Crippen LogP contribution in [0, 0.1) is 6.92 Å². The van der Waals surface area contributed by atoms with Crippen LogP contribution in [0.25, 0.3) is 10.2 Å². The monoisotopic (exact) mass is 423 g/mol. The Balaban J connectivity index is 0.000000221. The highest BCUT2D eigenvalue weighted by Crippen LogP contribution is 2.36. The summed E-state index contributed by atoms with van der Waals surface area (Å²) in [5.41, 5.74) is 1.52. The first-order chi connectivity index (χ1) is 12.6. The lowest BCUT2D eigenvalue weighted by atomic mass is 9.79. The van der Waals surface area contributed by atoms with Crippen molar-refractivity contribution in [2.45, 2.75) is 45.8 Å². The van der Waals surface area contributed by atoms with Gasteiger partial charge in [0.15, 0.2) is 0 Å². The minimum absolute atomic E-state index is 0.178. The Morgan fingerprint density at radius 3 is 2.22 bits per heavy atom. The number of hydrogen-bond donors (Lipinski definition) is 0. The van der Waals surface area contributed by atoms with E-state index in [9.17, 15) is 0 Å². The number of hydrogen-bond acceptors (Lipinski definition) is 6. The molecule has 9 heteroatoms. The summed E-state index contributed by atoms with van der Waals surface area (Å²) in [5.74, 6) is 0. The highest BCUT2D eigenvalue weighted by molar-refractivity contribution is 7.18. The van der Waals surface area contributed by atoms with Gasteiger partial charge in [0.05, 0.1) is 26.4 Å². The fourth-order valence-corrected chi connectivity index (χ4v) is 3.70. The van der Waals surface area contributed by atoms with Gasteiger partial charge in [0.2, 0.25) is 5.28 Å². The van der Waals surface area contributed by atoms with Gasteiger partial charge in [-0.3, -0.25) is 0 Å². The number of halogens is 2. The maximum Gasteiger partial charge on any atom is 0.494 e. The molecule has 3 aromatic rings. The quantitative estimate of drug-likeness (QED) is 0.323. The molecule has 0 atom stereocenters. The number of thiazole rings is 1. The van der Waals surface area contributed by atoms with Gasteiger partial charge in [-0.25, -0.2) is 15.0 Å². The molecule has 0 saturated carbocycles. The van der Waals surface area contributed by atoms with Crippen molar-refractivity contribution in [3.63, 3.8) is 0 Å². The highest BCUT2D eigenvalue weighted by atomic mass is 35.5. The largest absolute Gasteiger partial charge is 0.494 e. The molecule has 2 aromatic heterocycles. The molecule has 1 saturated heterocycles. The predicted octanol–water partition coefficient (Wildman–Crippen LogP) is 4.69. The van der Waals surface area contributed by atoms with E-state index in [4.69, 9.17) is 32.5 Å². The Kier molecular flexibility index (Phi) is 5.80. The van der Waals surface area contributed by atoms with E-state index in [-0.39, 0.29) is 23.6 Å². The van der Waals surface area contributed by atoms with Crippen molar-refractivity contribution < 1.29 is 9.31 Å². The van der Waals surface area contributed by atoms with Crippen LogP contribution >= 0.6 is 34.5 Å². The molecule has 0 radical (unpaired) electrons. The van der Waals surface area contributed by atoms with Gasteiger partial charge in [-0.15, -0.1) is 11.3 Å². The molecule has 0 bridgehead atoms. The smallest absolute Gasteiger partial charge is 0.399 e. The number of rotatable bonds is 1. The summed E-state index contributed by atoms with van der Waals surface area (Å²) in [7, 11) is -0.295. The van der Waals surface area contributed by atoms with Crippen molar-refractivity contribution in [2.24, 2.45) is 0 Å². The molecule has 3 heterocycles. The van der Waals surface area contributed by atoms with Gasteiger partial charge in [-0.1, -0.05) is 17.7 Å². The zero-order valence-electron chi connectivity index (χ0n) is 15.8. The lowest BCUT2D eigenvalue weighted by Crippen LogP contribution is -2.41. The van der Waals surface area contributed by atoms with Crippen LogP contribution < -0.4 is 5.46 Å². The Morgan fingerprint density at radius 1 is 1.00 bits per heavy atom. The molecule has 5 nitrogen and oxygen atoms in total. The summed E-state index contributed by atoms with van der Waals surface area (Å²) in [6.07, 6.45) is 1.50. The first-order valence-electron chi connectivity index (χ1n) is 8.44. The Bertz CT molecular complexity index is 931. The molecule has 27 heavy (non-hydrogen) atoms. The van der Waals surface area contributed by atoms with Crippen LogP contribution in [0.2, 0.25) is 10.4 Å². The van der Waals surface area contributed by atoms with Crippen LogP contribution in [-0.4, -0.2) is 33.3 Å². The van der Waals surface area contributed by atoms with E-state index in [1.165, 1.54) is 10.9 Å². The van der Waals surface area contributed by atoms with Crippen LogP contribution in [0.1, 0.15) is 32.7 Å². The van der Waals surface area contributed by atoms with Crippen molar-refractivity contribution in [1.82, 2.24) is 15.0 Å². The third kappa shape index (κ3) is 4.61. The maximum absolute atomic E-state index is 6.07. The number of nitrogens with zero attached hydrogens (tertiary/aromatic N) is 3. The molecule has 142 valence electrons. The second kappa shape index (κ2) is 7.64. The summed E-state index contributed by atoms with van der Waals surface area (Å²) in [6, 6.07) is 7.78. The zero-order valence-corrected chi connectivity index (χ0v) is 18.1. The van der Waals surface area contributed by atoms with Crippen molar-refractivity contribution in [2.75, 3.05) is 0 Å². The van der Waals surface area contributed by atoms with E-state index in [0.717, 1.165) is 16.0 Å². The van der Waals surface area contributed by atoms with E-state index in [1.807, 2.05) is 19.1 Å². The molecule has 1 aromatic carbocycles. The molecule has 0 unspecified atom stereocenters. The van der Waals surface area contributed by atoms with Gasteiger partial charge in [0, 0.05) is 6.20 Å². The Labute approximate surface area is 173 Å². The second-order valence-electron chi connectivity index (χ2n) is 7.20. The predicted molar refractivity (Wildman–Crippen MR) is 112 cm³/mol. The highest BCUT2D eigenvalue weighted by Gasteiger charge is 2.51. The van der Waals surface area contributed by atoms with E-state index < -0.39 is 0 Å². The fraction of sp³-hybridized carbons (Fsp3) is 0.389. The van der Waals surface area contributed by atoms with Crippen molar-refractivity contribution in [1.29, 1.82) is 0 Å². The average molecular weight is 424 g/mol. The topological polar surface area (TPSA) is 57.1 Å². The van der Waals surface area contributed by atoms with Crippen molar-refractivity contribution in [3.05, 3.63) is 45.9 Å². The van der Waals surface area contributed by atoms with Crippen molar-refractivity contribution >= 4 is 57.3 Å². The van der Waals surface area contributed by atoms with E-state index >= 15 is 0 Å². The number of benzene rings is 1. The van der Waals surface area contributed by atoms with E-state index in [1.54, 1.807) is 17.4 Å².